The minimum Gasteiger partial charge on any atom is -0.480 e. The average molecular weight is 326 g/mol. The molecule has 0 bridgehead atoms. The van der Waals surface area contributed by atoms with Crippen molar-refractivity contribution in [3.05, 3.63) is 12.7 Å². The SMILES string of the molecule is C=CCC(NC(=O)OC(C)(C)C)C(=O)N1CC(C)CC1C(=O)O. The quantitative estimate of drug-likeness (QED) is 0.751. The predicted molar refractivity (Wildman–Crippen MR) is 84.9 cm³/mol. The maximum atomic E-state index is 12.6. The van der Waals surface area contributed by atoms with Gasteiger partial charge in [0.2, 0.25) is 5.91 Å². The number of aliphatic carboxylic acids is 1. The summed E-state index contributed by atoms with van der Waals surface area (Å²) >= 11 is 0. The lowest BCUT2D eigenvalue weighted by atomic mass is 10.1. The van der Waals surface area contributed by atoms with Crippen molar-refractivity contribution in [3.63, 3.8) is 0 Å². The summed E-state index contributed by atoms with van der Waals surface area (Å²) in [6.07, 6.45) is 1.41. The summed E-state index contributed by atoms with van der Waals surface area (Å²) in [5, 5.41) is 11.8. The van der Waals surface area contributed by atoms with Crippen molar-refractivity contribution in [1.29, 1.82) is 0 Å². The monoisotopic (exact) mass is 326 g/mol. The van der Waals surface area contributed by atoms with Gasteiger partial charge in [-0.25, -0.2) is 9.59 Å². The van der Waals surface area contributed by atoms with Crippen molar-refractivity contribution in [2.24, 2.45) is 5.92 Å². The molecule has 2 amide bonds. The van der Waals surface area contributed by atoms with Gasteiger partial charge in [-0.15, -0.1) is 6.58 Å². The Balaban J connectivity index is 2.83. The fourth-order valence-corrected chi connectivity index (χ4v) is 2.56. The maximum Gasteiger partial charge on any atom is 0.408 e. The molecule has 1 rings (SSSR count). The average Bonchev–Trinajstić information content (AvgIpc) is 2.77. The summed E-state index contributed by atoms with van der Waals surface area (Å²) in [7, 11) is 0. The lowest BCUT2D eigenvalue weighted by molar-refractivity contribution is -0.148. The predicted octanol–water partition coefficient (Wildman–Crippen LogP) is 1.78. The van der Waals surface area contributed by atoms with Gasteiger partial charge in [0.15, 0.2) is 0 Å². The molecule has 1 fully saturated rings. The first kappa shape index (κ1) is 19.0. The van der Waals surface area contributed by atoms with Gasteiger partial charge in [0, 0.05) is 6.54 Å². The number of carbonyl (C=O) groups is 3. The van der Waals surface area contributed by atoms with Crippen molar-refractivity contribution in [2.75, 3.05) is 6.54 Å². The van der Waals surface area contributed by atoms with E-state index in [1.54, 1.807) is 20.8 Å². The molecule has 7 nitrogen and oxygen atoms in total. The number of nitrogens with zero attached hydrogens (tertiary/aromatic N) is 1. The number of ether oxygens (including phenoxy) is 1. The van der Waals surface area contributed by atoms with E-state index in [1.807, 2.05) is 6.92 Å². The molecule has 3 unspecified atom stereocenters. The summed E-state index contributed by atoms with van der Waals surface area (Å²) in [5.41, 5.74) is -0.683. The van der Waals surface area contributed by atoms with Crippen LogP contribution in [0.5, 0.6) is 0 Å². The van der Waals surface area contributed by atoms with E-state index in [2.05, 4.69) is 11.9 Å². The fraction of sp³-hybridized carbons (Fsp3) is 0.688. The van der Waals surface area contributed by atoms with E-state index in [4.69, 9.17) is 4.74 Å². The summed E-state index contributed by atoms with van der Waals surface area (Å²) in [4.78, 5) is 37.2. The molecule has 0 spiro atoms. The molecule has 1 aliphatic rings. The number of carbonyl (C=O) groups excluding carboxylic acids is 2. The lowest BCUT2D eigenvalue weighted by Crippen LogP contribution is -2.52. The molecular formula is C16H26N2O5. The smallest absolute Gasteiger partial charge is 0.408 e. The van der Waals surface area contributed by atoms with Gasteiger partial charge in [0.25, 0.3) is 0 Å². The van der Waals surface area contributed by atoms with Crippen LogP contribution in [0.2, 0.25) is 0 Å². The molecule has 130 valence electrons. The number of hydrogen-bond acceptors (Lipinski definition) is 4. The van der Waals surface area contributed by atoms with Crippen LogP contribution in [0.3, 0.4) is 0 Å². The summed E-state index contributed by atoms with van der Waals surface area (Å²) < 4.78 is 5.15. The molecule has 0 aliphatic carbocycles. The largest absolute Gasteiger partial charge is 0.480 e. The van der Waals surface area contributed by atoms with Crippen molar-refractivity contribution < 1.29 is 24.2 Å². The third kappa shape index (κ3) is 5.58. The van der Waals surface area contributed by atoms with Crippen LogP contribution in [-0.2, 0) is 14.3 Å². The number of nitrogens with one attached hydrogen (secondary N) is 1. The molecule has 0 saturated carbocycles. The molecule has 0 radical (unpaired) electrons. The first-order valence-electron chi connectivity index (χ1n) is 7.69. The minimum absolute atomic E-state index is 0.103. The van der Waals surface area contributed by atoms with Crippen LogP contribution >= 0.6 is 0 Å². The van der Waals surface area contributed by atoms with E-state index in [9.17, 15) is 19.5 Å². The Labute approximate surface area is 136 Å². The highest BCUT2D eigenvalue weighted by molar-refractivity contribution is 5.90. The van der Waals surface area contributed by atoms with E-state index >= 15 is 0 Å². The number of alkyl carbamates (subject to hydrolysis) is 1. The zero-order valence-electron chi connectivity index (χ0n) is 14.2. The van der Waals surface area contributed by atoms with Crippen LogP contribution in [0.4, 0.5) is 4.79 Å². The van der Waals surface area contributed by atoms with Gasteiger partial charge in [-0.1, -0.05) is 13.0 Å². The summed E-state index contributed by atoms with van der Waals surface area (Å²) in [6.45, 7) is 11.0. The molecule has 1 saturated heterocycles. The van der Waals surface area contributed by atoms with Gasteiger partial charge in [0.05, 0.1) is 0 Å². The second-order valence-electron chi connectivity index (χ2n) is 6.91. The number of carboxylic acids is 1. The number of amides is 2. The van der Waals surface area contributed by atoms with E-state index in [0.29, 0.717) is 13.0 Å². The van der Waals surface area contributed by atoms with Crippen LogP contribution in [0.25, 0.3) is 0 Å². The first-order valence-corrected chi connectivity index (χ1v) is 7.69. The van der Waals surface area contributed by atoms with E-state index in [1.165, 1.54) is 11.0 Å². The zero-order valence-corrected chi connectivity index (χ0v) is 14.2. The molecule has 0 aromatic rings. The number of rotatable bonds is 5. The molecule has 1 heterocycles. The van der Waals surface area contributed by atoms with Gasteiger partial charge < -0.3 is 20.1 Å². The number of hydrogen-bond donors (Lipinski definition) is 2. The highest BCUT2D eigenvalue weighted by Crippen LogP contribution is 2.24. The van der Waals surface area contributed by atoms with Crippen LogP contribution < -0.4 is 5.32 Å². The highest BCUT2D eigenvalue weighted by atomic mass is 16.6. The topological polar surface area (TPSA) is 95.9 Å². The molecule has 0 aromatic carbocycles. The molecule has 23 heavy (non-hydrogen) atoms. The summed E-state index contributed by atoms with van der Waals surface area (Å²) in [6, 6.07) is -1.74. The van der Waals surface area contributed by atoms with Crippen LogP contribution in [-0.4, -0.2) is 52.2 Å². The Kier molecular flexibility index (Phi) is 6.18. The van der Waals surface area contributed by atoms with E-state index in [0.717, 1.165) is 0 Å². The Morgan fingerprint density at radius 3 is 2.52 bits per heavy atom. The van der Waals surface area contributed by atoms with Gasteiger partial charge in [-0.3, -0.25) is 4.79 Å². The minimum atomic E-state index is -1.03. The number of carboxylic acid groups (broad SMARTS) is 1. The third-order valence-corrected chi connectivity index (χ3v) is 3.47. The molecule has 3 atom stereocenters. The van der Waals surface area contributed by atoms with Gasteiger partial charge in [-0.2, -0.15) is 0 Å². The Morgan fingerprint density at radius 1 is 1.43 bits per heavy atom. The molecule has 7 heteroatoms. The van der Waals surface area contributed by atoms with Crippen molar-refractivity contribution in [2.45, 2.75) is 58.2 Å². The fourth-order valence-electron chi connectivity index (χ4n) is 2.56. The standard InChI is InChI=1S/C16H26N2O5/c1-6-7-11(17-15(22)23-16(3,4)5)13(19)18-9-10(2)8-12(18)14(20)21/h6,10-12H,1,7-9H2,2-5H3,(H,17,22)(H,20,21). The Bertz CT molecular complexity index is 483. The highest BCUT2D eigenvalue weighted by Gasteiger charge is 2.40. The van der Waals surface area contributed by atoms with Crippen molar-refractivity contribution in [3.8, 4) is 0 Å². The second kappa shape index (κ2) is 7.48. The van der Waals surface area contributed by atoms with Gasteiger partial charge >= 0.3 is 12.1 Å². The molecule has 2 N–H and O–H groups in total. The van der Waals surface area contributed by atoms with Crippen LogP contribution in [0.1, 0.15) is 40.5 Å². The van der Waals surface area contributed by atoms with Crippen LogP contribution in [0, 0.1) is 5.92 Å². The lowest BCUT2D eigenvalue weighted by Gasteiger charge is -2.28. The zero-order chi connectivity index (χ0) is 17.8. The second-order valence-corrected chi connectivity index (χ2v) is 6.91. The molecule has 1 aliphatic heterocycles. The molecule has 0 aromatic heterocycles. The Morgan fingerprint density at radius 2 is 2.04 bits per heavy atom. The van der Waals surface area contributed by atoms with Gasteiger partial charge in [0.1, 0.15) is 17.7 Å². The van der Waals surface area contributed by atoms with Crippen molar-refractivity contribution in [1.82, 2.24) is 10.2 Å². The first-order chi connectivity index (χ1) is 10.5. The molecular weight excluding hydrogens is 300 g/mol. The normalized spacial score (nSPS) is 22.3. The van der Waals surface area contributed by atoms with Crippen LogP contribution in [0.15, 0.2) is 12.7 Å². The maximum absolute atomic E-state index is 12.6. The van der Waals surface area contributed by atoms with E-state index < -0.39 is 35.7 Å². The third-order valence-electron chi connectivity index (χ3n) is 3.47. The van der Waals surface area contributed by atoms with E-state index in [-0.39, 0.29) is 12.3 Å². The van der Waals surface area contributed by atoms with Gasteiger partial charge in [-0.05, 0) is 39.5 Å². The van der Waals surface area contributed by atoms with Crippen molar-refractivity contribution >= 4 is 18.0 Å². The Hall–Kier alpha value is -2.05. The number of likely N-dealkylation sites (tertiary alicyclic amines) is 1. The summed E-state index contributed by atoms with van der Waals surface area (Å²) in [5.74, 6) is -1.35.